The molecule has 0 aliphatic heterocycles. The van der Waals surface area contributed by atoms with Gasteiger partial charge in [-0.2, -0.15) is 25.3 Å². The van der Waals surface area contributed by atoms with Gasteiger partial charge in [-0.3, -0.25) is 13.7 Å². The summed E-state index contributed by atoms with van der Waals surface area (Å²) in [6, 6.07) is 15.7. The van der Waals surface area contributed by atoms with Crippen molar-refractivity contribution >= 4 is 54.2 Å². The fourth-order valence-corrected chi connectivity index (χ4v) is 7.04. The van der Waals surface area contributed by atoms with Crippen LogP contribution >= 0.6 is 7.92 Å². The van der Waals surface area contributed by atoms with E-state index >= 15 is 0 Å². The minimum atomic E-state index is -4.55. The van der Waals surface area contributed by atoms with Gasteiger partial charge in [-0.15, -0.1) is 0 Å². The average Bonchev–Trinajstić information content (AvgIpc) is 2.67. The Morgan fingerprint density at radius 3 is 0.969 bits per heavy atom. The Hall–Kier alpha value is -2.22. The van der Waals surface area contributed by atoms with Crippen molar-refractivity contribution in [3.8, 4) is 0 Å². The van der Waals surface area contributed by atoms with Crippen LogP contribution in [0.25, 0.3) is 0 Å². The first-order chi connectivity index (χ1) is 14.3. The molecule has 0 bridgehead atoms. The molecule has 10 nitrogen and oxygen atoms in total. The van der Waals surface area contributed by atoms with Crippen LogP contribution in [0.5, 0.6) is 0 Å². The van der Waals surface area contributed by atoms with Crippen LogP contribution in [0, 0.1) is 0 Å². The highest BCUT2D eigenvalue weighted by Crippen LogP contribution is 2.34. The predicted octanol–water partition coefficient (Wildman–Crippen LogP) is 0.360. The van der Waals surface area contributed by atoms with Crippen molar-refractivity contribution in [2.75, 3.05) is 0 Å². The number of hydrogen-bond donors (Lipinski definition) is 3. The lowest BCUT2D eigenvalue weighted by Gasteiger charge is -2.20. The molecule has 0 fully saturated rings. The van der Waals surface area contributed by atoms with Crippen molar-refractivity contribution in [2.45, 2.75) is 14.7 Å². The first-order valence-electron chi connectivity index (χ1n) is 8.30. The van der Waals surface area contributed by atoms with Crippen molar-refractivity contribution in [3.63, 3.8) is 0 Å². The lowest BCUT2D eigenvalue weighted by atomic mass is 10.3. The molecule has 32 heavy (non-hydrogen) atoms. The van der Waals surface area contributed by atoms with Gasteiger partial charge in [0.15, 0.2) is 0 Å². The number of benzene rings is 3. The van der Waals surface area contributed by atoms with Crippen LogP contribution in [-0.2, 0) is 30.4 Å². The number of hydrogen-bond acceptors (Lipinski definition) is 6. The van der Waals surface area contributed by atoms with Crippen molar-refractivity contribution in [1.82, 2.24) is 0 Å². The first kappa shape index (κ1) is 26.0. The van der Waals surface area contributed by atoms with Crippen LogP contribution in [0.3, 0.4) is 0 Å². The maximum absolute atomic E-state index is 11.6. The van der Waals surface area contributed by atoms with E-state index in [1.54, 1.807) is 0 Å². The van der Waals surface area contributed by atoms with Crippen molar-refractivity contribution in [2.24, 2.45) is 0 Å². The quantitative estimate of drug-likeness (QED) is 0.304. The molecule has 0 aromatic heterocycles. The molecular weight excluding hydrogens is 503 g/mol. The van der Waals surface area contributed by atoms with E-state index in [4.69, 9.17) is 0 Å². The lowest BCUT2D eigenvalue weighted by Crippen LogP contribution is -2.22. The van der Waals surface area contributed by atoms with Crippen LogP contribution in [0.4, 0.5) is 0 Å². The van der Waals surface area contributed by atoms with E-state index in [1.165, 1.54) is 54.6 Å². The molecule has 0 unspecified atom stereocenters. The summed E-state index contributed by atoms with van der Waals surface area (Å²) in [5.41, 5.74) is 0. The molecule has 3 aromatic carbocycles. The zero-order chi connectivity index (χ0) is 23.0. The van der Waals surface area contributed by atoms with Gasteiger partial charge in [0.2, 0.25) is 0 Å². The fourth-order valence-electron chi connectivity index (χ4n) is 2.80. The zero-order valence-electron chi connectivity index (χ0n) is 15.9. The van der Waals surface area contributed by atoms with Gasteiger partial charge in [-0.05, 0) is 60.2 Å². The Morgan fingerprint density at radius 1 is 0.500 bits per heavy atom. The smallest absolute Gasteiger partial charge is 0.294 e. The summed E-state index contributed by atoms with van der Waals surface area (Å²) < 4.78 is 97.7. The summed E-state index contributed by atoms with van der Waals surface area (Å²) in [4.78, 5) is -1.22. The highest BCUT2D eigenvalue weighted by atomic mass is 32.2. The molecule has 0 saturated carbocycles. The molecule has 3 rings (SSSR count). The standard InChI is InChI=1S/C18H15O9PS3.H2O/c19-29(20,21)16-7-1-4-13(10-16)28(14-5-2-8-17(11-14)30(22,23)24)15-6-3-9-18(12-15)31(25,26)27;/h1-12H,(H,19,20,21)(H,22,23,24)(H,25,26,27);1H2. The molecule has 14 heteroatoms. The van der Waals surface area contributed by atoms with Crippen molar-refractivity contribution in [1.29, 1.82) is 0 Å². The highest BCUT2D eigenvalue weighted by molar-refractivity contribution is 7.86. The Kier molecular flexibility index (Phi) is 7.59. The molecule has 0 spiro atoms. The molecule has 5 N–H and O–H groups in total. The van der Waals surface area contributed by atoms with Gasteiger partial charge in [0, 0.05) is 0 Å². The minimum absolute atomic E-state index is 0. The number of rotatable bonds is 6. The second-order valence-electron chi connectivity index (χ2n) is 6.25. The SMILES string of the molecule is O.O=S(=O)(O)c1cccc(P(c2cccc(S(=O)(=O)O)c2)c2cccc(S(=O)(=O)O)c2)c1. The van der Waals surface area contributed by atoms with E-state index in [2.05, 4.69) is 0 Å². The maximum Gasteiger partial charge on any atom is 0.294 e. The first-order valence-corrected chi connectivity index (χ1v) is 14.0. The van der Waals surface area contributed by atoms with E-state index < -0.39 is 53.0 Å². The summed E-state index contributed by atoms with van der Waals surface area (Å²) >= 11 is 0. The van der Waals surface area contributed by atoms with E-state index in [0.29, 0.717) is 15.9 Å². The Morgan fingerprint density at radius 2 is 0.750 bits per heavy atom. The third-order valence-electron chi connectivity index (χ3n) is 4.12. The molecule has 3 aromatic rings. The molecule has 0 heterocycles. The zero-order valence-corrected chi connectivity index (χ0v) is 19.2. The molecular formula is C18H17O10PS3. The van der Waals surface area contributed by atoms with Gasteiger partial charge >= 0.3 is 0 Å². The third-order valence-corrected chi connectivity index (χ3v) is 9.05. The van der Waals surface area contributed by atoms with Crippen LogP contribution < -0.4 is 15.9 Å². The third kappa shape index (κ3) is 5.97. The van der Waals surface area contributed by atoms with Crippen LogP contribution in [0.1, 0.15) is 0 Å². The van der Waals surface area contributed by atoms with Gasteiger partial charge < -0.3 is 5.48 Å². The van der Waals surface area contributed by atoms with Crippen LogP contribution in [0.2, 0.25) is 0 Å². The van der Waals surface area contributed by atoms with E-state index in [-0.39, 0.29) is 5.48 Å². The topological polar surface area (TPSA) is 195 Å². The lowest BCUT2D eigenvalue weighted by molar-refractivity contribution is 0.481. The Bertz CT molecular complexity index is 1290. The van der Waals surface area contributed by atoms with Gasteiger partial charge in [-0.25, -0.2) is 0 Å². The second-order valence-corrected chi connectivity index (χ2v) is 12.7. The van der Waals surface area contributed by atoms with Gasteiger partial charge in [0.1, 0.15) is 0 Å². The average molecular weight is 520 g/mol. The van der Waals surface area contributed by atoms with Crippen molar-refractivity contribution < 1.29 is 44.4 Å². The molecule has 0 aliphatic carbocycles. The fraction of sp³-hybridized carbons (Fsp3) is 0. The second kappa shape index (κ2) is 9.33. The molecule has 0 saturated heterocycles. The molecule has 0 radical (unpaired) electrons. The van der Waals surface area contributed by atoms with E-state index in [9.17, 15) is 38.9 Å². The summed E-state index contributed by atoms with van der Waals surface area (Å²) in [5.74, 6) is 0. The van der Waals surface area contributed by atoms with Crippen LogP contribution in [-0.4, -0.2) is 44.4 Å². The van der Waals surface area contributed by atoms with Crippen LogP contribution in [0.15, 0.2) is 87.5 Å². The maximum atomic E-state index is 11.6. The van der Waals surface area contributed by atoms with Gasteiger partial charge in [-0.1, -0.05) is 36.4 Å². The molecule has 0 atom stereocenters. The van der Waals surface area contributed by atoms with Gasteiger partial charge in [0.05, 0.1) is 14.7 Å². The molecule has 172 valence electrons. The van der Waals surface area contributed by atoms with E-state index in [0.717, 1.165) is 18.2 Å². The van der Waals surface area contributed by atoms with E-state index in [1.807, 2.05) is 0 Å². The largest absolute Gasteiger partial charge is 0.412 e. The van der Waals surface area contributed by atoms with Gasteiger partial charge in [0.25, 0.3) is 30.4 Å². The highest BCUT2D eigenvalue weighted by Gasteiger charge is 2.23. The minimum Gasteiger partial charge on any atom is -0.412 e. The Balaban J connectivity index is 0.00000363. The molecule has 0 aliphatic rings. The summed E-state index contributed by atoms with van der Waals surface area (Å²) in [7, 11) is -15.4. The predicted molar refractivity (Wildman–Crippen MR) is 118 cm³/mol. The summed E-state index contributed by atoms with van der Waals surface area (Å²) in [6.45, 7) is 0. The van der Waals surface area contributed by atoms with Crippen molar-refractivity contribution in [3.05, 3.63) is 72.8 Å². The molecule has 0 amide bonds. The Labute approximate surface area is 185 Å². The monoisotopic (exact) mass is 520 g/mol. The normalized spacial score (nSPS) is 12.4. The summed E-state index contributed by atoms with van der Waals surface area (Å²) in [5, 5.41) is 1.01. The summed E-state index contributed by atoms with van der Waals surface area (Å²) in [6.07, 6.45) is 0.